The van der Waals surface area contributed by atoms with Crippen LogP contribution >= 0.6 is 0 Å². The molecule has 0 unspecified atom stereocenters. The Balaban J connectivity index is 1.99. The molecule has 2 heterocycles. The minimum Gasteiger partial charge on any atom is -0.374 e. The smallest absolute Gasteiger partial charge is 0.270 e. The van der Waals surface area contributed by atoms with Crippen molar-refractivity contribution in [1.29, 1.82) is 0 Å². The summed E-state index contributed by atoms with van der Waals surface area (Å²) >= 11 is 0. The monoisotopic (exact) mass is 296 g/mol. The van der Waals surface area contributed by atoms with Crippen molar-refractivity contribution in [2.75, 3.05) is 25.0 Å². The lowest BCUT2D eigenvalue weighted by Gasteiger charge is -2.19. The van der Waals surface area contributed by atoms with Crippen molar-refractivity contribution in [2.45, 2.75) is 6.42 Å². The van der Waals surface area contributed by atoms with Crippen molar-refractivity contribution in [2.24, 2.45) is 0 Å². The second kappa shape index (κ2) is 7.93. The summed E-state index contributed by atoms with van der Waals surface area (Å²) in [6.07, 6.45) is 7.80. The fraction of sp³-hybridized carbons (Fsp3) is 0.235. The highest BCUT2D eigenvalue weighted by molar-refractivity contribution is 5.93. The highest BCUT2D eigenvalue weighted by Crippen LogP contribution is 2.13. The lowest BCUT2D eigenvalue weighted by Crippen LogP contribution is -2.25. The number of nitrogens with one attached hydrogen (secondary N) is 1. The molecule has 2 aromatic heterocycles. The van der Waals surface area contributed by atoms with E-state index in [0.29, 0.717) is 12.2 Å². The van der Waals surface area contributed by atoms with Crippen LogP contribution in [0.1, 0.15) is 16.1 Å². The fourth-order valence-electron chi connectivity index (χ4n) is 2.01. The molecule has 2 rings (SSSR count). The van der Waals surface area contributed by atoms with Crippen LogP contribution in [-0.4, -0.2) is 36.0 Å². The van der Waals surface area contributed by atoms with Crippen molar-refractivity contribution < 1.29 is 4.79 Å². The first-order valence-electron chi connectivity index (χ1n) is 7.16. The number of likely N-dealkylation sites (N-methyl/N-ethyl adjacent to an activating group) is 1. The Kier molecular flexibility index (Phi) is 5.65. The first-order chi connectivity index (χ1) is 10.7. The number of carbonyl (C=O) groups is 1. The Bertz CT molecular complexity index is 628. The molecule has 0 radical (unpaired) electrons. The molecule has 2 aromatic rings. The number of nitrogens with zero attached hydrogens (tertiary/aromatic N) is 3. The predicted molar refractivity (Wildman–Crippen MR) is 88.0 cm³/mol. The third kappa shape index (κ3) is 4.41. The van der Waals surface area contributed by atoms with E-state index >= 15 is 0 Å². The zero-order valence-electron chi connectivity index (χ0n) is 12.7. The Labute approximate surface area is 130 Å². The van der Waals surface area contributed by atoms with Crippen molar-refractivity contribution in [1.82, 2.24) is 15.3 Å². The molecule has 1 N–H and O–H groups in total. The number of hydrogen-bond donors (Lipinski definition) is 1. The predicted octanol–water partition coefficient (Wildman–Crippen LogP) is 2.07. The van der Waals surface area contributed by atoms with Gasteiger partial charge in [0.15, 0.2) is 0 Å². The van der Waals surface area contributed by atoms with Crippen LogP contribution in [0.4, 0.5) is 5.69 Å². The van der Waals surface area contributed by atoms with Gasteiger partial charge in [-0.1, -0.05) is 6.08 Å². The Morgan fingerprint density at radius 2 is 2.09 bits per heavy atom. The summed E-state index contributed by atoms with van der Waals surface area (Å²) in [5, 5.41) is 2.73. The highest BCUT2D eigenvalue weighted by atomic mass is 16.1. The number of hydrogen-bond acceptors (Lipinski definition) is 4. The van der Waals surface area contributed by atoms with Gasteiger partial charge in [0, 0.05) is 44.4 Å². The summed E-state index contributed by atoms with van der Waals surface area (Å²) in [7, 11) is 2.00. The molecule has 0 aromatic carbocycles. The van der Waals surface area contributed by atoms with E-state index in [2.05, 4.69) is 26.8 Å². The summed E-state index contributed by atoms with van der Waals surface area (Å²) in [4.78, 5) is 22.1. The van der Waals surface area contributed by atoms with Crippen molar-refractivity contribution in [3.8, 4) is 0 Å². The maximum absolute atomic E-state index is 11.9. The van der Waals surface area contributed by atoms with Crippen LogP contribution in [0.2, 0.25) is 0 Å². The molecule has 5 nitrogen and oxygen atoms in total. The quantitative estimate of drug-likeness (QED) is 0.795. The Morgan fingerprint density at radius 1 is 1.32 bits per heavy atom. The maximum Gasteiger partial charge on any atom is 0.270 e. The Morgan fingerprint density at radius 3 is 2.82 bits per heavy atom. The van der Waals surface area contributed by atoms with Crippen LogP contribution < -0.4 is 10.2 Å². The largest absolute Gasteiger partial charge is 0.374 e. The molecule has 22 heavy (non-hydrogen) atoms. The van der Waals surface area contributed by atoms with Gasteiger partial charge < -0.3 is 10.2 Å². The summed E-state index contributed by atoms with van der Waals surface area (Å²) in [5.41, 5.74) is 2.61. The minimum atomic E-state index is -0.190. The first-order valence-corrected chi connectivity index (χ1v) is 7.16. The van der Waals surface area contributed by atoms with E-state index in [1.165, 1.54) is 5.56 Å². The van der Waals surface area contributed by atoms with Crippen LogP contribution in [0, 0.1) is 0 Å². The van der Waals surface area contributed by atoms with E-state index < -0.39 is 0 Å². The van der Waals surface area contributed by atoms with Gasteiger partial charge in [-0.15, -0.1) is 6.58 Å². The lowest BCUT2D eigenvalue weighted by molar-refractivity contribution is 0.0953. The van der Waals surface area contributed by atoms with Gasteiger partial charge in [0.2, 0.25) is 0 Å². The van der Waals surface area contributed by atoms with E-state index in [1.807, 2.05) is 25.2 Å². The van der Waals surface area contributed by atoms with Gasteiger partial charge in [-0.05, 0) is 36.2 Å². The molecule has 0 aliphatic rings. The number of anilines is 1. The molecular weight excluding hydrogens is 276 g/mol. The van der Waals surface area contributed by atoms with Gasteiger partial charge in [-0.2, -0.15) is 0 Å². The molecule has 0 saturated heterocycles. The van der Waals surface area contributed by atoms with Crippen LogP contribution in [0.5, 0.6) is 0 Å². The number of pyridine rings is 2. The molecule has 5 heteroatoms. The van der Waals surface area contributed by atoms with Crippen LogP contribution in [0.15, 0.2) is 55.5 Å². The second-order valence-corrected chi connectivity index (χ2v) is 4.92. The SMILES string of the molecule is C=CCNC(=O)c1cc(N(C)CCc2ccncc2)ccn1. The molecular formula is C17H20N4O. The summed E-state index contributed by atoms with van der Waals surface area (Å²) in [6.45, 7) is 4.86. The van der Waals surface area contributed by atoms with Crippen molar-refractivity contribution in [3.63, 3.8) is 0 Å². The zero-order valence-corrected chi connectivity index (χ0v) is 12.7. The van der Waals surface area contributed by atoms with E-state index in [4.69, 9.17) is 0 Å². The summed E-state index contributed by atoms with van der Waals surface area (Å²) in [5.74, 6) is -0.190. The molecule has 0 aliphatic carbocycles. The third-order valence-electron chi connectivity index (χ3n) is 3.31. The van der Waals surface area contributed by atoms with Gasteiger partial charge in [-0.3, -0.25) is 14.8 Å². The van der Waals surface area contributed by atoms with E-state index in [-0.39, 0.29) is 5.91 Å². The third-order valence-corrected chi connectivity index (χ3v) is 3.31. The molecule has 0 fully saturated rings. The summed E-state index contributed by atoms with van der Waals surface area (Å²) < 4.78 is 0. The first kappa shape index (κ1) is 15.7. The average Bonchev–Trinajstić information content (AvgIpc) is 2.58. The van der Waals surface area contributed by atoms with Crippen molar-refractivity contribution >= 4 is 11.6 Å². The molecule has 0 bridgehead atoms. The summed E-state index contributed by atoms with van der Waals surface area (Å²) in [6, 6.07) is 7.71. The van der Waals surface area contributed by atoms with E-state index in [9.17, 15) is 4.79 Å². The topological polar surface area (TPSA) is 58.1 Å². The molecule has 0 aliphatic heterocycles. The van der Waals surface area contributed by atoms with Crippen LogP contribution in [0.25, 0.3) is 0 Å². The lowest BCUT2D eigenvalue weighted by atomic mass is 10.2. The molecule has 0 saturated carbocycles. The van der Waals surface area contributed by atoms with Crippen LogP contribution in [-0.2, 0) is 6.42 Å². The fourth-order valence-corrected chi connectivity index (χ4v) is 2.01. The minimum absolute atomic E-state index is 0.190. The van der Waals surface area contributed by atoms with Crippen molar-refractivity contribution in [3.05, 3.63) is 66.8 Å². The standard InChI is InChI=1S/C17H20N4O/c1-3-8-20-17(22)16-13-15(6-11-19-16)21(2)12-7-14-4-9-18-10-5-14/h3-6,9-11,13H,1,7-8,12H2,2H3,(H,20,22). The maximum atomic E-state index is 11.9. The Hall–Kier alpha value is -2.69. The van der Waals surface area contributed by atoms with E-state index in [0.717, 1.165) is 18.7 Å². The normalized spacial score (nSPS) is 10.0. The number of amides is 1. The number of carbonyl (C=O) groups excluding carboxylic acids is 1. The van der Waals surface area contributed by atoms with Gasteiger partial charge in [0.05, 0.1) is 0 Å². The molecule has 1 amide bonds. The molecule has 114 valence electrons. The second-order valence-electron chi connectivity index (χ2n) is 4.92. The highest BCUT2D eigenvalue weighted by Gasteiger charge is 2.09. The number of rotatable bonds is 7. The number of aromatic nitrogens is 2. The van der Waals surface area contributed by atoms with Gasteiger partial charge in [0.25, 0.3) is 5.91 Å². The van der Waals surface area contributed by atoms with Gasteiger partial charge in [0.1, 0.15) is 5.69 Å². The van der Waals surface area contributed by atoms with Gasteiger partial charge >= 0.3 is 0 Å². The molecule has 0 spiro atoms. The molecule has 0 atom stereocenters. The average molecular weight is 296 g/mol. The zero-order chi connectivity index (χ0) is 15.8. The van der Waals surface area contributed by atoms with Gasteiger partial charge in [-0.25, -0.2) is 0 Å². The van der Waals surface area contributed by atoms with Crippen LogP contribution in [0.3, 0.4) is 0 Å². The van der Waals surface area contributed by atoms with E-state index in [1.54, 1.807) is 30.7 Å².